The highest BCUT2D eigenvalue weighted by molar-refractivity contribution is 7.22. The normalized spacial score (nSPS) is 17.5. The molecule has 1 fully saturated rings. The first kappa shape index (κ1) is 24.7. The van der Waals surface area contributed by atoms with Crippen LogP contribution in [0.5, 0.6) is 5.75 Å². The smallest absolute Gasteiger partial charge is 0.301 e. The van der Waals surface area contributed by atoms with E-state index in [2.05, 4.69) is 20.8 Å². The third-order valence-electron chi connectivity index (χ3n) is 6.62. The molecular weight excluding hydrogens is 484 g/mol. The number of ether oxygens (including phenoxy) is 1. The number of amides is 1. The Kier molecular flexibility index (Phi) is 6.12. The molecule has 3 aromatic carbocycles. The maximum atomic E-state index is 13.5. The Bertz CT molecular complexity index is 1560. The van der Waals surface area contributed by atoms with Gasteiger partial charge in [0.1, 0.15) is 11.5 Å². The SMILES string of the molecule is COc1cccc(C(O)=C2C(=O)C(=O)N(c3nc4ccc(C)cc4s3)[C@@H]2c2ccc(C(C)(C)C)cc2)c1. The molecule has 37 heavy (non-hydrogen) atoms. The average Bonchev–Trinajstić information content (AvgIpc) is 3.40. The number of hydrogen-bond acceptors (Lipinski definition) is 6. The highest BCUT2D eigenvalue weighted by atomic mass is 32.1. The number of aliphatic hydroxyl groups excluding tert-OH is 1. The van der Waals surface area contributed by atoms with E-state index in [1.807, 2.05) is 49.4 Å². The lowest BCUT2D eigenvalue weighted by molar-refractivity contribution is -0.132. The van der Waals surface area contributed by atoms with Crippen LogP contribution < -0.4 is 9.64 Å². The molecule has 188 valence electrons. The minimum Gasteiger partial charge on any atom is -0.507 e. The lowest BCUT2D eigenvalue weighted by atomic mass is 9.85. The Hall–Kier alpha value is -3.97. The zero-order chi connectivity index (χ0) is 26.5. The first-order valence-electron chi connectivity index (χ1n) is 12.0. The number of aliphatic hydroxyl groups is 1. The summed E-state index contributed by atoms with van der Waals surface area (Å²) < 4.78 is 6.22. The number of anilines is 1. The van der Waals surface area contributed by atoms with Gasteiger partial charge in [0.15, 0.2) is 5.13 Å². The summed E-state index contributed by atoms with van der Waals surface area (Å²) >= 11 is 1.35. The number of benzene rings is 3. The summed E-state index contributed by atoms with van der Waals surface area (Å²) in [7, 11) is 1.53. The van der Waals surface area contributed by atoms with Crippen LogP contribution in [0.2, 0.25) is 0 Å². The van der Waals surface area contributed by atoms with E-state index in [1.165, 1.54) is 23.3 Å². The van der Waals surface area contributed by atoms with Gasteiger partial charge < -0.3 is 9.84 Å². The van der Waals surface area contributed by atoms with Gasteiger partial charge in [0.25, 0.3) is 5.78 Å². The number of aromatic nitrogens is 1. The molecule has 0 unspecified atom stereocenters. The topological polar surface area (TPSA) is 79.7 Å². The van der Waals surface area contributed by atoms with Crippen LogP contribution in [0, 0.1) is 6.92 Å². The Morgan fingerprint density at radius 2 is 1.76 bits per heavy atom. The quantitative estimate of drug-likeness (QED) is 0.191. The Morgan fingerprint density at radius 3 is 2.43 bits per heavy atom. The number of rotatable bonds is 4. The van der Waals surface area contributed by atoms with Gasteiger partial charge in [0, 0.05) is 5.56 Å². The van der Waals surface area contributed by atoms with Crippen LogP contribution in [0.4, 0.5) is 5.13 Å². The highest BCUT2D eigenvalue weighted by Gasteiger charge is 2.48. The fourth-order valence-electron chi connectivity index (χ4n) is 4.56. The van der Waals surface area contributed by atoms with Crippen molar-refractivity contribution in [3.8, 4) is 5.75 Å². The Morgan fingerprint density at radius 1 is 1.03 bits per heavy atom. The molecule has 5 rings (SSSR count). The van der Waals surface area contributed by atoms with Crippen molar-refractivity contribution in [1.29, 1.82) is 0 Å². The number of hydrogen-bond donors (Lipinski definition) is 1. The molecule has 1 atom stereocenters. The van der Waals surface area contributed by atoms with Crippen molar-refractivity contribution in [2.75, 3.05) is 12.0 Å². The molecule has 0 radical (unpaired) electrons. The van der Waals surface area contributed by atoms with Crippen LogP contribution in [0.25, 0.3) is 16.0 Å². The summed E-state index contributed by atoms with van der Waals surface area (Å²) in [6, 6.07) is 19.7. The van der Waals surface area contributed by atoms with Crippen LogP contribution in [0.1, 0.15) is 49.1 Å². The number of aryl methyl sites for hydroxylation is 1. The summed E-state index contributed by atoms with van der Waals surface area (Å²) in [5.41, 5.74) is 4.03. The molecule has 1 aromatic heterocycles. The van der Waals surface area contributed by atoms with Crippen LogP contribution in [0.15, 0.2) is 72.3 Å². The number of fused-ring (bicyclic) bond motifs is 1. The number of methoxy groups -OCH3 is 1. The molecule has 6 nitrogen and oxygen atoms in total. The van der Waals surface area contributed by atoms with Gasteiger partial charge in [-0.2, -0.15) is 0 Å². The van der Waals surface area contributed by atoms with Gasteiger partial charge in [-0.1, -0.05) is 74.6 Å². The van der Waals surface area contributed by atoms with Gasteiger partial charge in [-0.25, -0.2) is 4.98 Å². The number of Topliss-reactive ketones (excluding diaryl/α,β-unsaturated/α-hetero) is 1. The monoisotopic (exact) mass is 512 g/mol. The highest BCUT2D eigenvalue weighted by Crippen LogP contribution is 2.44. The second-order valence-corrected chi connectivity index (χ2v) is 11.2. The van der Waals surface area contributed by atoms with Crippen LogP contribution in [-0.4, -0.2) is 28.9 Å². The number of carbonyl (C=O) groups excluding carboxylic acids is 2. The largest absolute Gasteiger partial charge is 0.507 e. The lowest BCUT2D eigenvalue weighted by Crippen LogP contribution is -2.29. The number of carbonyl (C=O) groups is 2. The predicted octanol–water partition coefficient (Wildman–Crippen LogP) is 6.54. The Balaban J connectivity index is 1.72. The maximum Gasteiger partial charge on any atom is 0.301 e. The summed E-state index contributed by atoms with van der Waals surface area (Å²) in [6.07, 6.45) is 0. The summed E-state index contributed by atoms with van der Waals surface area (Å²) in [5, 5.41) is 11.8. The number of thiazole rings is 1. The molecule has 1 saturated heterocycles. The molecule has 0 bridgehead atoms. The molecule has 1 aliphatic rings. The molecule has 7 heteroatoms. The zero-order valence-corrected chi connectivity index (χ0v) is 22.2. The van der Waals surface area contributed by atoms with Crippen molar-refractivity contribution >= 4 is 44.1 Å². The second kappa shape index (κ2) is 9.16. The first-order chi connectivity index (χ1) is 17.6. The average molecular weight is 513 g/mol. The van der Waals surface area contributed by atoms with Gasteiger partial charge in [0.2, 0.25) is 0 Å². The van der Waals surface area contributed by atoms with Crippen LogP contribution in [0.3, 0.4) is 0 Å². The van der Waals surface area contributed by atoms with Gasteiger partial charge in [0.05, 0.1) is 28.9 Å². The summed E-state index contributed by atoms with van der Waals surface area (Å²) in [5.74, 6) is -1.18. The van der Waals surface area contributed by atoms with Crippen molar-refractivity contribution in [3.05, 3.63) is 94.6 Å². The van der Waals surface area contributed by atoms with E-state index in [4.69, 9.17) is 9.72 Å². The van der Waals surface area contributed by atoms with E-state index in [-0.39, 0.29) is 16.7 Å². The molecule has 1 N–H and O–H groups in total. The van der Waals surface area contributed by atoms with Crippen molar-refractivity contribution in [3.63, 3.8) is 0 Å². The number of nitrogens with zero attached hydrogens (tertiary/aromatic N) is 2. The fourth-order valence-corrected chi connectivity index (χ4v) is 5.65. The van der Waals surface area contributed by atoms with E-state index in [9.17, 15) is 14.7 Å². The lowest BCUT2D eigenvalue weighted by Gasteiger charge is -2.24. The van der Waals surface area contributed by atoms with E-state index in [1.54, 1.807) is 24.3 Å². The molecule has 0 saturated carbocycles. The van der Waals surface area contributed by atoms with E-state index in [0.717, 1.165) is 21.3 Å². The minimum absolute atomic E-state index is 0.0252. The molecule has 0 spiro atoms. The van der Waals surface area contributed by atoms with Crippen LogP contribution >= 0.6 is 11.3 Å². The van der Waals surface area contributed by atoms with E-state index >= 15 is 0 Å². The molecule has 0 aliphatic carbocycles. The molecule has 4 aromatic rings. The zero-order valence-electron chi connectivity index (χ0n) is 21.4. The number of ketones is 1. The van der Waals surface area contributed by atoms with E-state index < -0.39 is 17.7 Å². The van der Waals surface area contributed by atoms with Crippen molar-refractivity contribution in [2.24, 2.45) is 0 Å². The fraction of sp³-hybridized carbons (Fsp3) is 0.233. The molecule has 2 heterocycles. The third-order valence-corrected chi connectivity index (χ3v) is 7.64. The second-order valence-electron chi connectivity index (χ2n) is 10.2. The molecule has 1 aliphatic heterocycles. The van der Waals surface area contributed by atoms with Crippen molar-refractivity contribution in [2.45, 2.75) is 39.2 Å². The van der Waals surface area contributed by atoms with Gasteiger partial charge in [-0.15, -0.1) is 0 Å². The van der Waals surface area contributed by atoms with Gasteiger partial charge in [-0.05, 0) is 53.3 Å². The predicted molar refractivity (Wildman–Crippen MR) is 147 cm³/mol. The minimum atomic E-state index is -0.832. The van der Waals surface area contributed by atoms with E-state index in [0.29, 0.717) is 22.0 Å². The first-order valence-corrected chi connectivity index (χ1v) is 12.8. The Labute approximate surface area is 219 Å². The van der Waals surface area contributed by atoms with Gasteiger partial charge >= 0.3 is 5.91 Å². The summed E-state index contributed by atoms with van der Waals surface area (Å²) in [6.45, 7) is 8.37. The third kappa shape index (κ3) is 4.40. The van der Waals surface area contributed by atoms with Crippen molar-refractivity contribution in [1.82, 2.24) is 4.98 Å². The van der Waals surface area contributed by atoms with Gasteiger partial charge in [-0.3, -0.25) is 14.5 Å². The standard InChI is InChI=1S/C30H28N2O4S/c1-17-9-14-22-23(15-17)37-29(31-22)32-25(18-10-12-20(13-11-18)30(2,3)4)24(27(34)28(32)35)26(33)19-7-6-8-21(16-19)36-5/h6-16,25,33H,1-5H3/t25-/m1/s1. The summed E-state index contributed by atoms with van der Waals surface area (Å²) in [4.78, 5) is 33.1. The van der Waals surface area contributed by atoms with Crippen molar-refractivity contribution < 1.29 is 19.4 Å². The molecular formula is C30H28N2O4S. The maximum absolute atomic E-state index is 13.5. The molecule has 1 amide bonds. The van der Waals surface area contributed by atoms with Crippen LogP contribution in [-0.2, 0) is 15.0 Å².